The van der Waals surface area contributed by atoms with Crippen molar-refractivity contribution in [3.63, 3.8) is 0 Å². The predicted molar refractivity (Wildman–Crippen MR) is 63.5 cm³/mol. The normalized spacial score (nSPS) is 34.7. The predicted octanol–water partition coefficient (Wildman–Crippen LogP) is 2.46. The number of hydrogen-bond donors (Lipinski definition) is 1. The molecule has 90 valence electrons. The van der Waals surface area contributed by atoms with Gasteiger partial charge in [-0.15, -0.1) is 0 Å². The minimum absolute atomic E-state index is 0.339. The molecule has 2 rings (SSSR count). The molecule has 0 aliphatic carbocycles. The summed E-state index contributed by atoms with van der Waals surface area (Å²) in [6, 6.07) is 1.16. The summed E-state index contributed by atoms with van der Waals surface area (Å²) in [5.74, 6) is -0.273. The molecule has 16 heavy (non-hydrogen) atoms. The number of piperidine rings is 1. The van der Waals surface area contributed by atoms with Gasteiger partial charge in [-0.05, 0) is 31.6 Å². The fourth-order valence-electron chi connectivity index (χ4n) is 3.26. The average Bonchev–Trinajstić information content (AvgIpc) is 2.46. The highest BCUT2D eigenvalue weighted by Crippen LogP contribution is 2.39. The monoisotopic (exact) mass is 243 g/mol. The zero-order valence-corrected chi connectivity index (χ0v) is 10.1. The van der Waals surface area contributed by atoms with Gasteiger partial charge < -0.3 is 5.11 Å². The highest BCUT2D eigenvalue weighted by atomic mass is 35.5. The maximum atomic E-state index is 10.7. The lowest BCUT2D eigenvalue weighted by molar-refractivity contribution is -0.138. The Kier molecular flexibility index (Phi) is 3.87. The van der Waals surface area contributed by atoms with Crippen LogP contribution < -0.4 is 0 Å². The second-order valence-electron chi connectivity index (χ2n) is 4.88. The lowest BCUT2D eigenvalue weighted by Gasteiger charge is -2.37. The summed E-state index contributed by atoms with van der Waals surface area (Å²) in [5, 5.41) is 8.82. The van der Waals surface area contributed by atoms with Gasteiger partial charge in [0.1, 0.15) is 0 Å². The Morgan fingerprint density at radius 2 is 2.00 bits per heavy atom. The first kappa shape index (κ1) is 11.9. The molecular formula is C12H18ClNO2. The molecule has 1 N–H and O–H groups in total. The molecule has 0 spiro atoms. The lowest BCUT2D eigenvalue weighted by atomic mass is 9.88. The van der Waals surface area contributed by atoms with Gasteiger partial charge in [-0.3, -0.25) is 9.69 Å². The first-order chi connectivity index (χ1) is 7.70. The van der Waals surface area contributed by atoms with Crippen LogP contribution in [0.4, 0.5) is 0 Å². The Morgan fingerprint density at radius 3 is 2.50 bits per heavy atom. The summed E-state index contributed by atoms with van der Waals surface area (Å²) in [6.07, 6.45) is 6.84. The SMILES string of the molecule is O=C(O)CC1CC2CCC(C1)N2CC=CCl. The van der Waals surface area contributed by atoms with Gasteiger partial charge in [-0.1, -0.05) is 17.7 Å². The summed E-state index contributed by atoms with van der Waals surface area (Å²) >= 11 is 5.55. The third-order valence-electron chi connectivity index (χ3n) is 3.85. The van der Waals surface area contributed by atoms with Gasteiger partial charge in [0.05, 0.1) is 0 Å². The Morgan fingerprint density at radius 1 is 1.38 bits per heavy atom. The maximum absolute atomic E-state index is 10.7. The van der Waals surface area contributed by atoms with Crippen LogP contribution in [0.1, 0.15) is 32.1 Å². The van der Waals surface area contributed by atoms with Gasteiger partial charge in [0.15, 0.2) is 0 Å². The number of fused-ring (bicyclic) bond motifs is 2. The standard InChI is InChI=1S/C12H18ClNO2/c13-4-1-5-14-10-2-3-11(14)7-9(6-10)8-12(15)16/h1,4,9-11H,2-3,5-8H2,(H,15,16). The third kappa shape index (κ3) is 2.58. The van der Waals surface area contributed by atoms with E-state index in [0.717, 1.165) is 19.4 Å². The molecule has 2 bridgehead atoms. The van der Waals surface area contributed by atoms with E-state index in [-0.39, 0.29) is 0 Å². The molecule has 0 amide bonds. The van der Waals surface area contributed by atoms with Crippen LogP contribution in [0.25, 0.3) is 0 Å². The van der Waals surface area contributed by atoms with Crippen LogP contribution in [0.2, 0.25) is 0 Å². The lowest BCUT2D eigenvalue weighted by Crippen LogP contribution is -2.43. The smallest absolute Gasteiger partial charge is 0.303 e. The number of rotatable bonds is 4. The number of halogens is 1. The second kappa shape index (κ2) is 5.19. The van der Waals surface area contributed by atoms with Crippen molar-refractivity contribution in [3.05, 3.63) is 11.6 Å². The van der Waals surface area contributed by atoms with Crippen molar-refractivity contribution in [1.82, 2.24) is 4.90 Å². The molecule has 2 saturated heterocycles. The molecule has 0 aromatic carbocycles. The van der Waals surface area contributed by atoms with E-state index >= 15 is 0 Å². The van der Waals surface area contributed by atoms with Crippen molar-refractivity contribution < 1.29 is 9.90 Å². The van der Waals surface area contributed by atoms with E-state index in [1.807, 2.05) is 6.08 Å². The molecule has 2 heterocycles. The third-order valence-corrected chi connectivity index (χ3v) is 4.03. The van der Waals surface area contributed by atoms with E-state index in [4.69, 9.17) is 16.7 Å². The molecule has 2 unspecified atom stereocenters. The molecule has 0 saturated carbocycles. The summed E-state index contributed by atoms with van der Waals surface area (Å²) in [7, 11) is 0. The van der Waals surface area contributed by atoms with E-state index in [9.17, 15) is 4.79 Å². The fraction of sp³-hybridized carbons (Fsp3) is 0.750. The van der Waals surface area contributed by atoms with Crippen LogP contribution in [0.3, 0.4) is 0 Å². The van der Waals surface area contributed by atoms with Crippen molar-refractivity contribution in [1.29, 1.82) is 0 Å². The van der Waals surface area contributed by atoms with Gasteiger partial charge >= 0.3 is 5.97 Å². The Bertz CT molecular complexity index is 279. The van der Waals surface area contributed by atoms with Crippen molar-refractivity contribution in [2.45, 2.75) is 44.2 Å². The Hall–Kier alpha value is -0.540. The fourth-order valence-corrected chi connectivity index (χ4v) is 3.34. The van der Waals surface area contributed by atoms with Crippen molar-refractivity contribution in [2.75, 3.05) is 6.54 Å². The summed E-state index contributed by atoms with van der Waals surface area (Å²) < 4.78 is 0. The first-order valence-corrected chi connectivity index (χ1v) is 6.37. The van der Waals surface area contributed by atoms with Crippen LogP contribution >= 0.6 is 11.6 Å². The first-order valence-electron chi connectivity index (χ1n) is 5.93. The Balaban J connectivity index is 1.93. The second-order valence-corrected chi connectivity index (χ2v) is 5.13. The molecule has 0 aromatic rings. The van der Waals surface area contributed by atoms with Crippen LogP contribution in [-0.2, 0) is 4.79 Å². The van der Waals surface area contributed by atoms with Crippen LogP contribution in [-0.4, -0.2) is 34.6 Å². The zero-order valence-electron chi connectivity index (χ0n) is 9.31. The van der Waals surface area contributed by atoms with E-state index in [0.29, 0.717) is 24.4 Å². The van der Waals surface area contributed by atoms with Crippen LogP contribution in [0.15, 0.2) is 11.6 Å². The summed E-state index contributed by atoms with van der Waals surface area (Å²) in [4.78, 5) is 13.2. The van der Waals surface area contributed by atoms with E-state index in [2.05, 4.69) is 4.90 Å². The summed E-state index contributed by atoms with van der Waals surface area (Å²) in [5.41, 5.74) is 1.57. The molecular weight excluding hydrogens is 226 g/mol. The highest BCUT2D eigenvalue weighted by molar-refractivity contribution is 6.25. The van der Waals surface area contributed by atoms with E-state index in [1.165, 1.54) is 12.8 Å². The molecule has 2 aliphatic heterocycles. The number of hydrogen-bond acceptors (Lipinski definition) is 2. The topological polar surface area (TPSA) is 40.5 Å². The van der Waals surface area contributed by atoms with Gasteiger partial charge in [0.2, 0.25) is 0 Å². The van der Waals surface area contributed by atoms with E-state index < -0.39 is 5.97 Å². The average molecular weight is 244 g/mol. The van der Waals surface area contributed by atoms with Gasteiger partial charge in [-0.25, -0.2) is 0 Å². The highest BCUT2D eigenvalue weighted by Gasteiger charge is 2.40. The van der Waals surface area contributed by atoms with Crippen molar-refractivity contribution in [2.24, 2.45) is 5.92 Å². The maximum Gasteiger partial charge on any atom is 0.303 e. The largest absolute Gasteiger partial charge is 0.481 e. The zero-order chi connectivity index (χ0) is 11.5. The van der Waals surface area contributed by atoms with E-state index in [1.54, 1.807) is 5.54 Å². The van der Waals surface area contributed by atoms with Crippen molar-refractivity contribution >= 4 is 17.6 Å². The molecule has 0 radical (unpaired) electrons. The number of aliphatic carboxylic acids is 1. The molecule has 2 atom stereocenters. The number of nitrogens with zero attached hydrogens (tertiary/aromatic N) is 1. The van der Waals surface area contributed by atoms with Gasteiger partial charge in [0.25, 0.3) is 0 Å². The molecule has 2 fully saturated rings. The minimum Gasteiger partial charge on any atom is -0.481 e. The summed E-state index contributed by atoms with van der Waals surface area (Å²) in [6.45, 7) is 0.915. The molecule has 4 heteroatoms. The quantitative estimate of drug-likeness (QED) is 0.825. The molecule has 2 aliphatic rings. The molecule has 0 aromatic heterocycles. The number of carboxylic acid groups (broad SMARTS) is 1. The Labute approximate surface area is 101 Å². The number of carboxylic acids is 1. The van der Waals surface area contributed by atoms with Gasteiger partial charge in [-0.2, -0.15) is 0 Å². The minimum atomic E-state index is -0.654. The van der Waals surface area contributed by atoms with Crippen molar-refractivity contribution in [3.8, 4) is 0 Å². The van der Waals surface area contributed by atoms with Crippen LogP contribution in [0.5, 0.6) is 0 Å². The van der Waals surface area contributed by atoms with Gasteiger partial charge in [0, 0.05) is 30.6 Å². The molecule has 3 nitrogen and oxygen atoms in total. The van der Waals surface area contributed by atoms with Crippen LogP contribution in [0, 0.1) is 5.92 Å². The number of carbonyl (C=O) groups is 1.